The molecule has 3 aromatic rings. The third-order valence-electron chi connectivity index (χ3n) is 5.61. The number of carbonyl (C=O) groups excluding carboxylic acids is 1. The van der Waals surface area contributed by atoms with Crippen LogP contribution >= 0.6 is 0 Å². The van der Waals surface area contributed by atoms with Crippen molar-refractivity contribution in [3.05, 3.63) is 64.7 Å². The lowest BCUT2D eigenvalue weighted by atomic mass is 10.1. The van der Waals surface area contributed by atoms with Crippen LogP contribution in [0.4, 0.5) is 5.69 Å². The molecule has 10 heteroatoms. The van der Waals surface area contributed by atoms with Gasteiger partial charge in [-0.1, -0.05) is 18.2 Å². The van der Waals surface area contributed by atoms with Gasteiger partial charge in [-0.2, -0.15) is 8.42 Å². The van der Waals surface area contributed by atoms with E-state index in [2.05, 4.69) is 14.7 Å². The van der Waals surface area contributed by atoms with Crippen LogP contribution in [0.15, 0.2) is 62.9 Å². The number of sulfonamides is 1. The molecule has 1 aromatic heterocycles. The molecule has 0 spiro atoms. The summed E-state index contributed by atoms with van der Waals surface area (Å²) in [4.78, 5) is 31.3. The summed E-state index contributed by atoms with van der Waals surface area (Å²) < 4.78 is 30.7. The van der Waals surface area contributed by atoms with Gasteiger partial charge in [0.2, 0.25) is 5.91 Å². The molecule has 0 unspecified atom stereocenters. The summed E-state index contributed by atoms with van der Waals surface area (Å²) in [5.74, 6) is 0.191. The van der Waals surface area contributed by atoms with Crippen LogP contribution in [0, 0.1) is 6.92 Å². The largest absolute Gasteiger partial charge is 0.362 e. The first-order chi connectivity index (χ1) is 15.7. The average Bonchev–Trinajstić information content (AvgIpc) is 3.17. The van der Waals surface area contributed by atoms with Crippen LogP contribution in [-0.4, -0.2) is 48.2 Å². The fraction of sp³-hybridized carbons (Fsp3) is 0.304. The summed E-state index contributed by atoms with van der Waals surface area (Å²) in [5, 5.41) is 3.20. The Balaban J connectivity index is 1.45. The third kappa shape index (κ3) is 4.95. The number of para-hydroxylation sites is 1. The number of anilines is 1. The molecule has 0 saturated carbocycles. The number of likely N-dealkylation sites (tertiary alicyclic amines) is 1. The van der Waals surface area contributed by atoms with Crippen LogP contribution in [0.3, 0.4) is 0 Å². The van der Waals surface area contributed by atoms with Gasteiger partial charge < -0.3 is 10.2 Å². The molecule has 0 radical (unpaired) electrons. The maximum absolute atomic E-state index is 12.7. The predicted molar refractivity (Wildman–Crippen MR) is 127 cm³/mol. The van der Waals surface area contributed by atoms with Crippen molar-refractivity contribution in [3.8, 4) is 0 Å². The Hall–Kier alpha value is -3.53. The molecule has 1 saturated heterocycles. The molecule has 0 bridgehead atoms. The maximum Gasteiger partial charge on any atom is 0.284 e. The summed E-state index contributed by atoms with van der Waals surface area (Å²) >= 11 is 0. The van der Waals surface area contributed by atoms with Crippen molar-refractivity contribution in [3.63, 3.8) is 0 Å². The van der Waals surface area contributed by atoms with E-state index in [0.29, 0.717) is 28.8 Å². The Labute approximate surface area is 191 Å². The number of carbonyl (C=O) groups is 1. The van der Waals surface area contributed by atoms with Crippen LogP contribution in [0.5, 0.6) is 0 Å². The first-order valence-electron chi connectivity index (χ1n) is 10.6. The molecule has 0 atom stereocenters. The number of aromatic nitrogens is 2. The van der Waals surface area contributed by atoms with Gasteiger partial charge in [0.05, 0.1) is 22.1 Å². The van der Waals surface area contributed by atoms with Gasteiger partial charge in [0.1, 0.15) is 5.84 Å². The zero-order valence-electron chi connectivity index (χ0n) is 18.5. The van der Waals surface area contributed by atoms with Gasteiger partial charge in [0.25, 0.3) is 15.6 Å². The van der Waals surface area contributed by atoms with Crippen LogP contribution in [0.2, 0.25) is 0 Å². The summed E-state index contributed by atoms with van der Waals surface area (Å²) in [6.45, 7) is 2.82. The standard InChI is InChI=1S/C23H25N5O4S/c1-16-6-3-9-19-22(16)24-15-28(23(19)30)13-11-21(29)25-17-7-4-8-18(14-17)33(31,32)26-20-10-5-12-27(20)2/h3-4,6-9,14-15H,5,10-13H2,1-2H3,(H,25,29)/b26-20+. The fourth-order valence-corrected chi connectivity index (χ4v) is 4.92. The Morgan fingerprint density at radius 1 is 1.21 bits per heavy atom. The molecule has 0 aliphatic carbocycles. The Bertz CT molecular complexity index is 1410. The predicted octanol–water partition coefficient (Wildman–Crippen LogP) is 2.55. The Morgan fingerprint density at radius 2 is 2.00 bits per heavy atom. The van der Waals surface area contributed by atoms with Gasteiger partial charge in [0, 0.05) is 38.7 Å². The lowest BCUT2D eigenvalue weighted by molar-refractivity contribution is -0.116. The van der Waals surface area contributed by atoms with E-state index in [-0.39, 0.29) is 29.3 Å². The first-order valence-corrected chi connectivity index (χ1v) is 12.1. The number of fused-ring (bicyclic) bond motifs is 1. The van der Waals surface area contributed by atoms with E-state index in [1.54, 1.807) is 24.3 Å². The topological polar surface area (TPSA) is 114 Å². The van der Waals surface area contributed by atoms with Gasteiger partial charge >= 0.3 is 0 Å². The van der Waals surface area contributed by atoms with Gasteiger partial charge in [-0.3, -0.25) is 14.2 Å². The summed E-state index contributed by atoms with van der Waals surface area (Å²) in [7, 11) is -2.06. The van der Waals surface area contributed by atoms with Crippen molar-refractivity contribution < 1.29 is 13.2 Å². The lowest BCUT2D eigenvalue weighted by Crippen LogP contribution is -2.24. The van der Waals surface area contributed by atoms with Gasteiger partial charge in [-0.15, -0.1) is 4.40 Å². The molecule has 172 valence electrons. The van der Waals surface area contributed by atoms with Crippen molar-refractivity contribution in [1.82, 2.24) is 14.5 Å². The monoisotopic (exact) mass is 467 g/mol. The number of benzene rings is 2. The van der Waals surface area contributed by atoms with E-state index in [9.17, 15) is 18.0 Å². The second-order valence-corrected chi connectivity index (χ2v) is 9.65. The molecule has 1 amide bonds. The zero-order valence-corrected chi connectivity index (χ0v) is 19.3. The quantitative estimate of drug-likeness (QED) is 0.596. The van der Waals surface area contributed by atoms with Crippen molar-refractivity contribution in [2.75, 3.05) is 18.9 Å². The van der Waals surface area contributed by atoms with Gasteiger partial charge in [-0.25, -0.2) is 4.98 Å². The average molecular weight is 468 g/mol. The van der Waals surface area contributed by atoms with Crippen LogP contribution < -0.4 is 10.9 Å². The molecule has 1 fully saturated rings. The Morgan fingerprint density at radius 3 is 2.76 bits per heavy atom. The van der Waals surface area contributed by atoms with Gasteiger partial charge in [0.15, 0.2) is 0 Å². The number of hydrogen-bond acceptors (Lipinski definition) is 5. The highest BCUT2D eigenvalue weighted by Crippen LogP contribution is 2.20. The number of amidine groups is 1. The number of nitrogens with one attached hydrogen (secondary N) is 1. The number of hydrogen-bond donors (Lipinski definition) is 1. The molecule has 1 N–H and O–H groups in total. The normalized spacial score (nSPS) is 15.3. The third-order valence-corrected chi connectivity index (χ3v) is 6.91. The summed E-state index contributed by atoms with van der Waals surface area (Å²) in [5.41, 5.74) is 1.70. The molecule has 1 aliphatic rings. The number of aryl methyl sites for hydroxylation is 2. The molecule has 9 nitrogen and oxygen atoms in total. The fourth-order valence-electron chi connectivity index (χ4n) is 3.78. The number of rotatable bonds is 6. The molecule has 33 heavy (non-hydrogen) atoms. The van der Waals surface area contributed by atoms with Crippen molar-refractivity contribution in [2.24, 2.45) is 4.40 Å². The first kappa shape index (κ1) is 22.7. The zero-order chi connectivity index (χ0) is 23.6. The molecular weight excluding hydrogens is 442 g/mol. The van der Waals surface area contributed by atoms with Crippen LogP contribution in [-0.2, 0) is 21.4 Å². The van der Waals surface area contributed by atoms with E-state index >= 15 is 0 Å². The molecule has 4 rings (SSSR count). The van der Waals surface area contributed by atoms with Crippen LogP contribution in [0.25, 0.3) is 10.9 Å². The lowest BCUT2D eigenvalue weighted by Gasteiger charge is -2.11. The molecule has 2 heterocycles. The maximum atomic E-state index is 12.7. The van der Waals surface area contributed by atoms with E-state index in [1.807, 2.05) is 24.9 Å². The van der Waals surface area contributed by atoms with Crippen molar-refractivity contribution in [2.45, 2.75) is 37.6 Å². The second kappa shape index (κ2) is 9.14. The van der Waals surface area contributed by atoms with E-state index < -0.39 is 10.0 Å². The van der Waals surface area contributed by atoms with Gasteiger partial charge in [-0.05, 0) is 43.2 Å². The highest BCUT2D eigenvalue weighted by atomic mass is 32.2. The minimum atomic E-state index is -3.88. The molecular formula is C23H25N5O4S. The molecule has 1 aliphatic heterocycles. The highest BCUT2D eigenvalue weighted by molar-refractivity contribution is 7.90. The van der Waals surface area contributed by atoms with Crippen LogP contribution in [0.1, 0.15) is 24.8 Å². The van der Waals surface area contributed by atoms with E-state index in [0.717, 1.165) is 18.5 Å². The van der Waals surface area contributed by atoms with Crippen molar-refractivity contribution >= 4 is 38.4 Å². The number of amides is 1. The minimum Gasteiger partial charge on any atom is -0.362 e. The summed E-state index contributed by atoms with van der Waals surface area (Å²) in [6, 6.07) is 11.4. The SMILES string of the molecule is Cc1cccc2c(=O)n(CCC(=O)Nc3cccc(S(=O)(=O)/N=C4\CCCN4C)c3)cnc12. The van der Waals surface area contributed by atoms with E-state index in [1.165, 1.54) is 23.0 Å². The highest BCUT2D eigenvalue weighted by Gasteiger charge is 2.20. The number of nitrogens with zero attached hydrogens (tertiary/aromatic N) is 4. The summed E-state index contributed by atoms with van der Waals surface area (Å²) in [6.07, 6.45) is 2.96. The molecule has 2 aromatic carbocycles. The van der Waals surface area contributed by atoms with Crippen molar-refractivity contribution in [1.29, 1.82) is 0 Å². The van der Waals surface area contributed by atoms with E-state index in [4.69, 9.17) is 0 Å². The minimum absolute atomic E-state index is 0.0124. The smallest absolute Gasteiger partial charge is 0.284 e. The Kier molecular flexibility index (Phi) is 6.28. The second-order valence-electron chi connectivity index (χ2n) is 8.05.